The minimum Gasteiger partial charge on any atom is -0.446 e. The lowest BCUT2D eigenvalue weighted by molar-refractivity contribution is 0.594. The molecule has 0 bridgehead atoms. The van der Waals surface area contributed by atoms with Gasteiger partial charge in [0.2, 0.25) is 0 Å². The lowest BCUT2D eigenvalue weighted by Crippen LogP contribution is -2.50. The van der Waals surface area contributed by atoms with E-state index in [-0.39, 0.29) is 5.04 Å². The van der Waals surface area contributed by atoms with Crippen LogP contribution in [0.3, 0.4) is 0 Å². The van der Waals surface area contributed by atoms with Crippen LogP contribution in [0.2, 0.25) is 18.1 Å². The Hall–Kier alpha value is -1.35. The first-order valence-corrected chi connectivity index (χ1v) is 9.34. The summed E-state index contributed by atoms with van der Waals surface area (Å²) in [6.07, 6.45) is 1.85. The quantitative estimate of drug-likeness (QED) is 0.760. The molecule has 96 valence electrons. The van der Waals surface area contributed by atoms with E-state index in [0.717, 1.165) is 16.8 Å². The van der Waals surface area contributed by atoms with Crippen molar-refractivity contribution >= 4 is 13.6 Å². The van der Waals surface area contributed by atoms with Crippen LogP contribution in [-0.2, 0) is 0 Å². The SMILES string of the molecule is CC(C)(C)[Si](C)(C)c1ncc(-c2ccccc2)o1. The van der Waals surface area contributed by atoms with Gasteiger partial charge in [-0.15, -0.1) is 0 Å². The number of hydrogen-bond acceptors (Lipinski definition) is 2. The monoisotopic (exact) mass is 259 g/mol. The van der Waals surface area contributed by atoms with Gasteiger partial charge in [0.15, 0.2) is 19.3 Å². The second kappa shape index (κ2) is 4.39. The van der Waals surface area contributed by atoms with Gasteiger partial charge in [-0.2, -0.15) is 0 Å². The molecule has 0 aliphatic rings. The highest BCUT2D eigenvalue weighted by molar-refractivity contribution is 6.90. The van der Waals surface area contributed by atoms with Crippen molar-refractivity contribution in [2.75, 3.05) is 0 Å². The van der Waals surface area contributed by atoms with Crippen LogP contribution < -0.4 is 5.51 Å². The molecule has 0 N–H and O–H groups in total. The summed E-state index contributed by atoms with van der Waals surface area (Å²) < 4.78 is 6.01. The van der Waals surface area contributed by atoms with Gasteiger partial charge < -0.3 is 4.42 Å². The van der Waals surface area contributed by atoms with E-state index >= 15 is 0 Å². The molecule has 0 amide bonds. The highest BCUT2D eigenvalue weighted by Gasteiger charge is 2.41. The predicted molar refractivity (Wildman–Crippen MR) is 78.8 cm³/mol. The molecule has 0 unspecified atom stereocenters. The zero-order chi connectivity index (χ0) is 13.4. The Morgan fingerprint density at radius 3 is 2.22 bits per heavy atom. The largest absolute Gasteiger partial charge is 0.446 e. The summed E-state index contributed by atoms with van der Waals surface area (Å²) in [6.45, 7) is 11.4. The van der Waals surface area contributed by atoms with Crippen LogP contribution in [0.5, 0.6) is 0 Å². The first kappa shape index (κ1) is 13.1. The summed E-state index contributed by atoms with van der Waals surface area (Å²) in [5, 5.41) is 0.242. The standard InChI is InChI=1S/C15H21NOSi/c1-15(2,3)18(4,5)14-16-11-13(17-14)12-9-7-6-8-10-12/h6-11H,1-5H3. The van der Waals surface area contributed by atoms with Crippen molar-refractivity contribution in [1.29, 1.82) is 0 Å². The molecule has 0 spiro atoms. The summed E-state index contributed by atoms with van der Waals surface area (Å²) >= 11 is 0. The maximum atomic E-state index is 6.01. The molecule has 1 aromatic carbocycles. The minimum atomic E-state index is -1.67. The predicted octanol–water partition coefficient (Wildman–Crippen LogP) is 4.06. The maximum absolute atomic E-state index is 6.01. The maximum Gasteiger partial charge on any atom is 0.167 e. The molecule has 0 atom stereocenters. The Balaban J connectivity index is 2.38. The highest BCUT2D eigenvalue weighted by Crippen LogP contribution is 2.35. The Morgan fingerprint density at radius 2 is 1.67 bits per heavy atom. The molecule has 1 aromatic heterocycles. The number of benzene rings is 1. The van der Waals surface area contributed by atoms with Crippen LogP contribution in [0, 0.1) is 0 Å². The van der Waals surface area contributed by atoms with E-state index in [4.69, 9.17) is 4.42 Å². The lowest BCUT2D eigenvalue weighted by atomic mass is 10.2. The van der Waals surface area contributed by atoms with Gasteiger partial charge >= 0.3 is 0 Å². The molecule has 18 heavy (non-hydrogen) atoms. The fraction of sp³-hybridized carbons (Fsp3) is 0.400. The van der Waals surface area contributed by atoms with Crippen LogP contribution in [0.25, 0.3) is 11.3 Å². The Labute approximate surface area is 110 Å². The number of hydrogen-bond donors (Lipinski definition) is 0. The van der Waals surface area contributed by atoms with Crippen LogP contribution >= 0.6 is 0 Å². The van der Waals surface area contributed by atoms with Gasteiger partial charge in [0.25, 0.3) is 0 Å². The molecule has 2 nitrogen and oxygen atoms in total. The minimum absolute atomic E-state index is 0.242. The smallest absolute Gasteiger partial charge is 0.167 e. The number of rotatable bonds is 2. The van der Waals surface area contributed by atoms with Crippen molar-refractivity contribution in [2.45, 2.75) is 38.9 Å². The molecular formula is C15H21NOSi. The molecule has 3 heteroatoms. The van der Waals surface area contributed by atoms with E-state index in [1.54, 1.807) is 0 Å². The van der Waals surface area contributed by atoms with Gasteiger partial charge in [-0.3, -0.25) is 0 Å². The van der Waals surface area contributed by atoms with Crippen molar-refractivity contribution in [3.63, 3.8) is 0 Å². The van der Waals surface area contributed by atoms with Gasteiger partial charge in [0.1, 0.15) is 0 Å². The topological polar surface area (TPSA) is 26.0 Å². The average Bonchev–Trinajstić information content (AvgIpc) is 2.78. The fourth-order valence-corrected chi connectivity index (χ4v) is 3.01. The third kappa shape index (κ3) is 2.27. The Morgan fingerprint density at radius 1 is 1.06 bits per heavy atom. The van der Waals surface area contributed by atoms with Crippen LogP contribution in [0.4, 0.5) is 0 Å². The lowest BCUT2D eigenvalue weighted by Gasteiger charge is -2.33. The Kier molecular flexibility index (Phi) is 3.19. The third-order valence-corrected chi connectivity index (χ3v) is 9.02. The van der Waals surface area contributed by atoms with E-state index < -0.39 is 8.07 Å². The van der Waals surface area contributed by atoms with Crippen molar-refractivity contribution in [1.82, 2.24) is 4.98 Å². The molecule has 0 saturated heterocycles. The molecule has 0 radical (unpaired) electrons. The number of oxazole rings is 1. The third-order valence-electron chi connectivity index (χ3n) is 3.97. The highest BCUT2D eigenvalue weighted by atomic mass is 28.3. The van der Waals surface area contributed by atoms with Gasteiger partial charge in [0.05, 0.1) is 6.20 Å². The zero-order valence-electron chi connectivity index (χ0n) is 11.8. The molecule has 0 saturated carbocycles. The van der Waals surface area contributed by atoms with Crippen molar-refractivity contribution < 1.29 is 4.42 Å². The molecule has 2 rings (SSSR count). The van der Waals surface area contributed by atoms with Crippen molar-refractivity contribution in [2.24, 2.45) is 0 Å². The zero-order valence-corrected chi connectivity index (χ0v) is 12.8. The van der Waals surface area contributed by atoms with E-state index in [1.807, 2.05) is 24.4 Å². The van der Waals surface area contributed by atoms with E-state index in [9.17, 15) is 0 Å². The first-order valence-electron chi connectivity index (χ1n) is 6.34. The van der Waals surface area contributed by atoms with E-state index in [2.05, 4.69) is 51.0 Å². The van der Waals surface area contributed by atoms with Gasteiger partial charge in [-0.25, -0.2) is 4.98 Å². The molecule has 2 aromatic rings. The summed E-state index contributed by atoms with van der Waals surface area (Å²) in [5.74, 6) is 0.871. The van der Waals surface area contributed by atoms with Crippen molar-refractivity contribution in [3.8, 4) is 11.3 Å². The summed E-state index contributed by atoms with van der Waals surface area (Å²) in [5.41, 5.74) is 2.03. The molecule has 0 aliphatic heterocycles. The summed E-state index contributed by atoms with van der Waals surface area (Å²) in [6, 6.07) is 10.1. The number of aromatic nitrogens is 1. The van der Waals surface area contributed by atoms with Crippen LogP contribution in [0.1, 0.15) is 20.8 Å². The van der Waals surface area contributed by atoms with Gasteiger partial charge in [-0.1, -0.05) is 64.2 Å². The van der Waals surface area contributed by atoms with Crippen LogP contribution in [0.15, 0.2) is 40.9 Å². The number of nitrogens with zero attached hydrogens (tertiary/aromatic N) is 1. The molecule has 1 heterocycles. The molecule has 0 aliphatic carbocycles. The average molecular weight is 259 g/mol. The Bertz CT molecular complexity index is 523. The first-order chi connectivity index (χ1) is 8.32. The molecule has 0 fully saturated rings. The van der Waals surface area contributed by atoms with Gasteiger partial charge in [-0.05, 0) is 5.04 Å². The second-order valence-electron chi connectivity index (χ2n) is 6.27. The van der Waals surface area contributed by atoms with Gasteiger partial charge in [0, 0.05) is 5.56 Å². The fourth-order valence-electron chi connectivity index (χ4n) is 1.62. The molecular weight excluding hydrogens is 238 g/mol. The summed E-state index contributed by atoms with van der Waals surface area (Å²) in [4.78, 5) is 4.53. The summed E-state index contributed by atoms with van der Waals surface area (Å²) in [7, 11) is -1.67. The van der Waals surface area contributed by atoms with E-state index in [0.29, 0.717) is 0 Å². The normalized spacial score (nSPS) is 12.7. The van der Waals surface area contributed by atoms with Crippen LogP contribution in [-0.4, -0.2) is 13.1 Å². The van der Waals surface area contributed by atoms with Crippen molar-refractivity contribution in [3.05, 3.63) is 36.5 Å². The van der Waals surface area contributed by atoms with E-state index in [1.165, 1.54) is 0 Å². The second-order valence-corrected chi connectivity index (χ2v) is 11.4.